The molecule has 8 aromatic carbocycles. The fourth-order valence-corrected chi connectivity index (χ4v) is 8.49. The predicted octanol–water partition coefficient (Wildman–Crippen LogP) is 12.4. The van der Waals surface area contributed by atoms with Gasteiger partial charge in [-0.2, -0.15) is 0 Å². The molecule has 0 N–H and O–H groups in total. The number of para-hydroxylation sites is 3. The monoisotopic (exact) mass is 676 g/mol. The molecule has 0 saturated heterocycles. The summed E-state index contributed by atoms with van der Waals surface area (Å²) in [5, 5.41) is 8.19. The average Bonchev–Trinajstić information content (AvgIpc) is 3.71. The molecule has 0 atom stereocenters. The van der Waals surface area contributed by atoms with Crippen LogP contribution in [0.2, 0.25) is 0 Å². The summed E-state index contributed by atoms with van der Waals surface area (Å²) in [4.78, 5) is 10.5. The van der Waals surface area contributed by atoms with Crippen molar-refractivity contribution in [1.82, 2.24) is 19.1 Å². The minimum atomic E-state index is 0.637. The van der Waals surface area contributed by atoms with E-state index >= 15 is 0 Å². The molecule has 0 unspecified atom stereocenters. The van der Waals surface area contributed by atoms with Gasteiger partial charge in [0.05, 0.1) is 38.7 Å². The maximum atomic E-state index is 6.30. The third-order valence-electron chi connectivity index (χ3n) is 10.9. The number of aromatic nitrogens is 4. The van der Waals surface area contributed by atoms with Crippen LogP contribution >= 0.6 is 0 Å². The van der Waals surface area contributed by atoms with Gasteiger partial charge in [0.25, 0.3) is 0 Å². The summed E-state index contributed by atoms with van der Waals surface area (Å²) >= 11 is 0. The van der Waals surface area contributed by atoms with Gasteiger partial charge in [0.1, 0.15) is 11.5 Å². The Morgan fingerprint density at radius 3 is 2.02 bits per heavy atom. The maximum Gasteiger partial charge on any atom is 0.235 e. The summed E-state index contributed by atoms with van der Waals surface area (Å²) in [7, 11) is 0. The van der Waals surface area contributed by atoms with Crippen LogP contribution in [0.3, 0.4) is 0 Å². The molecular formula is C48H28N4O. The van der Waals surface area contributed by atoms with E-state index in [0.29, 0.717) is 5.95 Å². The summed E-state index contributed by atoms with van der Waals surface area (Å²) in [5.74, 6) is 2.22. The number of fused-ring (bicyclic) bond motifs is 9. The number of hydrogen-bond donors (Lipinski definition) is 0. The Morgan fingerprint density at radius 2 is 1.09 bits per heavy atom. The largest absolute Gasteiger partial charge is 0.456 e. The maximum absolute atomic E-state index is 6.30. The lowest BCUT2D eigenvalue weighted by atomic mass is 10.0. The van der Waals surface area contributed by atoms with Crippen LogP contribution in [0.4, 0.5) is 0 Å². The van der Waals surface area contributed by atoms with E-state index in [4.69, 9.17) is 14.7 Å². The lowest BCUT2D eigenvalue weighted by Gasteiger charge is -2.21. The molecule has 5 nitrogen and oxygen atoms in total. The lowest BCUT2D eigenvalue weighted by molar-refractivity contribution is 0.486. The topological polar surface area (TPSA) is 44.9 Å². The van der Waals surface area contributed by atoms with Crippen LogP contribution < -0.4 is 4.74 Å². The van der Waals surface area contributed by atoms with Crippen molar-refractivity contribution in [3.63, 3.8) is 0 Å². The zero-order valence-electron chi connectivity index (χ0n) is 28.4. The highest BCUT2D eigenvalue weighted by molar-refractivity contribution is 6.15. The first-order valence-corrected chi connectivity index (χ1v) is 17.9. The molecule has 53 heavy (non-hydrogen) atoms. The molecule has 0 saturated carbocycles. The zero-order valence-corrected chi connectivity index (χ0v) is 28.4. The van der Waals surface area contributed by atoms with Crippen LogP contribution in [0.25, 0.3) is 99.3 Å². The summed E-state index contributed by atoms with van der Waals surface area (Å²) in [6, 6.07) is 60.3. The molecule has 11 aromatic rings. The van der Waals surface area contributed by atoms with E-state index in [0.717, 1.165) is 72.3 Å². The number of ether oxygens (including phenoxy) is 1. The molecule has 5 heteroatoms. The standard InChI is InChI=1S/C48H28N4O/c1-2-13-33(14-3-1)51-41-24-22-31(26-37(41)38-25-29-11-4-5-12-30(29)27-43(38)51)32-21-23-35-34-15-6-8-18-40(34)52(42(35)28-32)48-49-39-17-10-20-45-46(39)47(50-48)36-16-7-9-19-44(36)53-45/h1-28H. The van der Waals surface area contributed by atoms with Crippen molar-refractivity contribution in [2.24, 2.45) is 0 Å². The molecule has 0 radical (unpaired) electrons. The molecule has 1 aliphatic rings. The van der Waals surface area contributed by atoms with Crippen molar-refractivity contribution in [1.29, 1.82) is 0 Å². The van der Waals surface area contributed by atoms with Gasteiger partial charge in [0, 0.05) is 32.8 Å². The number of hydrogen-bond acceptors (Lipinski definition) is 3. The Kier molecular flexibility index (Phi) is 5.71. The van der Waals surface area contributed by atoms with Crippen molar-refractivity contribution < 1.29 is 4.74 Å². The highest BCUT2D eigenvalue weighted by atomic mass is 16.5. The Bertz CT molecular complexity index is 3320. The van der Waals surface area contributed by atoms with Crippen molar-refractivity contribution in [3.8, 4) is 45.5 Å². The average molecular weight is 677 g/mol. The van der Waals surface area contributed by atoms with Gasteiger partial charge in [-0.15, -0.1) is 0 Å². The zero-order chi connectivity index (χ0) is 34.6. The molecule has 12 rings (SSSR count). The van der Waals surface area contributed by atoms with Gasteiger partial charge in [-0.25, -0.2) is 9.97 Å². The molecule has 0 aliphatic carbocycles. The van der Waals surface area contributed by atoms with E-state index in [1.807, 2.05) is 30.3 Å². The Balaban J connectivity index is 1.11. The van der Waals surface area contributed by atoms with Crippen LogP contribution in [0.1, 0.15) is 0 Å². The Hall–Kier alpha value is -7.24. The molecule has 246 valence electrons. The molecule has 4 heterocycles. The third kappa shape index (κ3) is 4.07. The SMILES string of the molecule is c1ccc(-n2c3ccc(-c4ccc5c6ccccc6n(-c6nc7c8c(cccc8n6)Oc6ccccc6-7)c5c4)cc3c3cc4ccccc4cc32)cc1. The van der Waals surface area contributed by atoms with Crippen molar-refractivity contribution in [2.75, 3.05) is 0 Å². The minimum Gasteiger partial charge on any atom is -0.456 e. The molecule has 0 bridgehead atoms. The van der Waals surface area contributed by atoms with E-state index in [-0.39, 0.29) is 0 Å². The van der Waals surface area contributed by atoms with Gasteiger partial charge < -0.3 is 9.30 Å². The highest BCUT2D eigenvalue weighted by Gasteiger charge is 2.24. The van der Waals surface area contributed by atoms with Gasteiger partial charge >= 0.3 is 0 Å². The van der Waals surface area contributed by atoms with Crippen molar-refractivity contribution >= 4 is 65.3 Å². The van der Waals surface area contributed by atoms with Crippen LogP contribution in [0, 0.1) is 0 Å². The molecule has 0 fully saturated rings. The van der Waals surface area contributed by atoms with E-state index in [1.165, 1.54) is 32.6 Å². The Morgan fingerprint density at radius 1 is 0.415 bits per heavy atom. The summed E-state index contributed by atoms with van der Waals surface area (Å²) in [6.07, 6.45) is 0. The predicted molar refractivity (Wildman–Crippen MR) is 217 cm³/mol. The van der Waals surface area contributed by atoms with Crippen molar-refractivity contribution in [2.45, 2.75) is 0 Å². The highest BCUT2D eigenvalue weighted by Crippen LogP contribution is 2.46. The molecule has 3 aromatic heterocycles. The summed E-state index contributed by atoms with van der Waals surface area (Å²) < 4.78 is 10.9. The van der Waals surface area contributed by atoms with Gasteiger partial charge in [-0.05, 0) is 94.7 Å². The Labute approximate surface area is 303 Å². The number of rotatable bonds is 3. The second-order valence-corrected chi connectivity index (χ2v) is 13.8. The lowest BCUT2D eigenvalue weighted by Crippen LogP contribution is -2.06. The van der Waals surface area contributed by atoms with Crippen LogP contribution in [-0.2, 0) is 0 Å². The van der Waals surface area contributed by atoms with Gasteiger partial charge in [-0.3, -0.25) is 4.57 Å². The first-order chi connectivity index (χ1) is 26.3. The first-order valence-electron chi connectivity index (χ1n) is 17.9. The first kappa shape index (κ1) is 28.5. The fraction of sp³-hybridized carbons (Fsp3) is 0. The third-order valence-corrected chi connectivity index (χ3v) is 10.9. The molecule has 0 amide bonds. The van der Waals surface area contributed by atoms with E-state index < -0.39 is 0 Å². The van der Waals surface area contributed by atoms with Crippen LogP contribution in [0.5, 0.6) is 11.5 Å². The molecule has 1 aliphatic heterocycles. The van der Waals surface area contributed by atoms with Crippen molar-refractivity contribution in [3.05, 3.63) is 170 Å². The van der Waals surface area contributed by atoms with Gasteiger partial charge in [0.2, 0.25) is 5.95 Å². The van der Waals surface area contributed by atoms with Crippen LogP contribution in [-0.4, -0.2) is 19.1 Å². The normalized spacial score (nSPS) is 12.3. The molecular weight excluding hydrogens is 649 g/mol. The van der Waals surface area contributed by atoms with Gasteiger partial charge in [0.15, 0.2) is 0 Å². The number of benzene rings is 8. The van der Waals surface area contributed by atoms with E-state index in [2.05, 4.69) is 149 Å². The quantitative estimate of drug-likeness (QED) is 0.187. The van der Waals surface area contributed by atoms with E-state index in [9.17, 15) is 0 Å². The second-order valence-electron chi connectivity index (χ2n) is 13.8. The smallest absolute Gasteiger partial charge is 0.235 e. The fourth-order valence-electron chi connectivity index (χ4n) is 8.49. The second kappa shape index (κ2) is 10.6. The number of nitrogens with zero attached hydrogens (tertiary/aromatic N) is 4. The van der Waals surface area contributed by atoms with Gasteiger partial charge in [-0.1, -0.05) is 97.1 Å². The summed E-state index contributed by atoms with van der Waals surface area (Å²) in [5.41, 5.74) is 10.7. The minimum absolute atomic E-state index is 0.637. The van der Waals surface area contributed by atoms with E-state index in [1.54, 1.807) is 0 Å². The van der Waals surface area contributed by atoms with Crippen LogP contribution in [0.15, 0.2) is 170 Å². The summed E-state index contributed by atoms with van der Waals surface area (Å²) in [6.45, 7) is 0. The molecule has 0 spiro atoms.